The Labute approximate surface area is 122 Å². The van der Waals surface area contributed by atoms with Gasteiger partial charge in [0.05, 0.1) is 12.3 Å². The van der Waals surface area contributed by atoms with Crippen molar-refractivity contribution < 1.29 is 23.7 Å². The zero-order valence-electron chi connectivity index (χ0n) is 20.3. The van der Waals surface area contributed by atoms with E-state index in [0.717, 1.165) is 6.07 Å². The lowest BCUT2D eigenvalue weighted by molar-refractivity contribution is -0.386. The number of nitro benzene ring substituents is 1. The van der Waals surface area contributed by atoms with Crippen molar-refractivity contribution >= 4 is 5.69 Å². The van der Waals surface area contributed by atoms with Crippen molar-refractivity contribution in [2.24, 2.45) is 0 Å². The molecule has 1 aromatic carbocycles. The molecule has 1 rings (SSSR count). The van der Waals surface area contributed by atoms with Crippen LogP contribution >= 0.6 is 0 Å². The second-order valence-corrected chi connectivity index (χ2v) is 5.05. The summed E-state index contributed by atoms with van der Waals surface area (Å²) < 4.78 is 77.5. The van der Waals surface area contributed by atoms with Crippen molar-refractivity contribution in [2.45, 2.75) is 52.2 Å². The lowest BCUT2D eigenvalue weighted by Crippen LogP contribution is -2.18. The fourth-order valence-electron chi connectivity index (χ4n) is 1.53. The zero-order valence-corrected chi connectivity index (χ0v) is 10.3. The minimum Gasteiger partial charge on any atom is -0.507 e. The van der Waals surface area contributed by atoms with E-state index >= 15 is 0 Å². The first-order valence-corrected chi connectivity index (χ1v) is 5.14. The quantitative estimate of drug-likeness (QED) is 0.616. The Hall–Kier alpha value is -1.58. The molecule has 0 spiro atoms. The largest absolute Gasteiger partial charge is 0.507 e. The minimum absolute atomic E-state index is 0.266. The van der Waals surface area contributed by atoms with Crippen LogP contribution in [0.4, 0.5) is 5.69 Å². The van der Waals surface area contributed by atoms with Crippen LogP contribution < -0.4 is 0 Å². The molecule has 1 N–H and O–H groups in total. The Morgan fingerprint density at radius 2 is 1.83 bits per heavy atom. The third-order valence-electron chi connectivity index (χ3n) is 2.43. The summed E-state index contributed by atoms with van der Waals surface area (Å²) in [6.07, 6.45) is 0. The molecule has 1 aromatic rings. The summed E-state index contributed by atoms with van der Waals surface area (Å²) in [7, 11) is 0. The number of hydrogen-bond acceptors (Lipinski definition) is 3. The maximum absolute atomic E-state index is 11.4. The molecule has 0 atom stereocenters. The molecule has 100 valence electrons. The molecule has 0 unspecified atom stereocenters. The van der Waals surface area contributed by atoms with Gasteiger partial charge in [0, 0.05) is 23.5 Å². The normalized spacial score (nSPS) is 22.8. The Morgan fingerprint density at radius 3 is 2.22 bits per heavy atom. The van der Waals surface area contributed by atoms with Crippen LogP contribution in [0.25, 0.3) is 0 Å². The van der Waals surface area contributed by atoms with E-state index in [2.05, 4.69) is 0 Å². The third kappa shape index (κ3) is 2.81. The van der Waals surface area contributed by atoms with Crippen LogP contribution in [-0.4, -0.2) is 10.0 Å². The van der Waals surface area contributed by atoms with Gasteiger partial charge in [0.15, 0.2) is 0 Å². The molecular formula is C14H21NO3. The fraction of sp³-hybridized carbons (Fsp3) is 0.571. The second kappa shape index (κ2) is 4.26. The van der Waals surface area contributed by atoms with Crippen molar-refractivity contribution in [2.75, 3.05) is 0 Å². The summed E-state index contributed by atoms with van der Waals surface area (Å²) in [5.41, 5.74) is -6.85. The maximum Gasteiger partial charge on any atom is 0.276 e. The second-order valence-electron chi connectivity index (χ2n) is 5.05. The summed E-state index contributed by atoms with van der Waals surface area (Å²) in [4.78, 5) is 10.5. The van der Waals surface area contributed by atoms with Crippen molar-refractivity contribution in [3.05, 3.63) is 33.4 Å². The molecule has 0 saturated carbocycles. The van der Waals surface area contributed by atoms with Gasteiger partial charge >= 0.3 is 0 Å². The molecule has 0 aliphatic heterocycles. The summed E-state index contributed by atoms with van der Waals surface area (Å²) in [6, 6.07) is -0.425. The van der Waals surface area contributed by atoms with Gasteiger partial charge in [-0.2, -0.15) is 0 Å². The number of benzene rings is 1. The molecule has 4 nitrogen and oxygen atoms in total. The number of rotatable bonds is 1. The van der Waals surface area contributed by atoms with Crippen LogP contribution in [0.2, 0.25) is 0 Å². The van der Waals surface area contributed by atoms with E-state index in [9.17, 15) is 15.2 Å². The van der Waals surface area contributed by atoms with Gasteiger partial charge in [-0.3, -0.25) is 10.1 Å². The first kappa shape index (κ1) is 5.59. The van der Waals surface area contributed by atoms with Gasteiger partial charge in [-0.15, -0.1) is 0 Å². The van der Waals surface area contributed by atoms with Crippen LogP contribution in [0.5, 0.6) is 5.75 Å². The van der Waals surface area contributed by atoms with E-state index in [0.29, 0.717) is 0 Å². The summed E-state index contributed by atoms with van der Waals surface area (Å²) >= 11 is 0. The highest BCUT2D eigenvalue weighted by atomic mass is 16.6. The molecule has 0 saturated heterocycles. The molecule has 0 aliphatic rings. The lowest BCUT2D eigenvalue weighted by atomic mass is 9.79. The van der Waals surface area contributed by atoms with Gasteiger partial charge in [-0.05, 0) is 16.9 Å². The van der Waals surface area contributed by atoms with Crippen LogP contribution in [0, 0.1) is 10.1 Å². The number of phenolic OH excluding ortho intramolecular Hbond substituents is 1. The Morgan fingerprint density at radius 1 is 1.28 bits per heavy atom. The topological polar surface area (TPSA) is 63.4 Å². The fourth-order valence-corrected chi connectivity index (χ4v) is 1.53. The average Bonchev–Trinajstić information content (AvgIpc) is 2.37. The van der Waals surface area contributed by atoms with E-state index in [-0.39, 0.29) is 5.56 Å². The van der Waals surface area contributed by atoms with Crippen LogP contribution in [0.3, 0.4) is 0 Å². The van der Waals surface area contributed by atoms with Gasteiger partial charge in [0.2, 0.25) is 0 Å². The lowest BCUT2D eigenvalue weighted by Gasteiger charge is -2.25. The summed E-state index contributed by atoms with van der Waals surface area (Å²) in [6.45, 7) is -6.55. The van der Waals surface area contributed by atoms with Crippen molar-refractivity contribution in [1.82, 2.24) is 0 Å². The molecule has 0 heterocycles. The Balaban J connectivity index is 4.37. The first-order valence-electron chi connectivity index (χ1n) is 10.1. The summed E-state index contributed by atoms with van der Waals surface area (Å²) in [5, 5.41) is 21.8. The van der Waals surface area contributed by atoms with Crippen molar-refractivity contribution in [3.8, 4) is 5.75 Å². The number of phenols is 1. The molecule has 0 fully saturated rings. The molecule has 0 bridgehead atoms. The van der Waals surface area contributed by atoms with Crippen molar-refractivity contribution in [1.29, 1.82) is 0 Å². The van der Waals surface area contributed by atoms with Crippen LogP contribution in [-0.2, 0) is 10.8 Å². The predicted octanol–water partition coefficient (Wildman–Crippen LogP) is 3.90. The Kier molecular flexibility index (Phi) is 1.33. The predicted molar refractivity (Wildman–Crippen MR) is 72.2 cm³/mol. The number of aromatic hydroxyl groups is 1. The van der Waals surface area contributed by atoms with Gasteiger partial charge < -0.3 is 5.11 Å². The molecular weight excluding hydrogens is 230 g/mol. The Bertz CT molecular complexity index is 751. The maximum atomic E-state index is 11.4. The standard InChI is InChI=1S/C14H21NO3/c1-13(2,3)9-7-10(14(4,5)6)12(16)8-11(9)15(17)18/h7-8,16H,1-6H3/i4D3,5D3,6D3,8D. The highest BCUT2D eigenvalue weighted by molar-refractivity contribution is 5.54. The molecule has 0 radical (unpaired) electrons. The number of hydrogen-bond donors (Lipinski definition) is 1. The monoisotopic (exact) mass is 261 g/mol. The number of nitrogens with zero attached hydrogens (tertiary/aromatic N) is 1. The van der Waals surface area contributed by atoms with Crippen molar-refractivity contribution in [3.63, 3.8) is 0 Å². The van der Waals surface area contributed by atoms with E-state index in [1.54, 1.807) is 0 Å². The van der Waals surface area contributed by atoms with Crippen LogP contribution in [0.15, 0.2) is 12.1 Å². The van der Waals surface area contributed by atoms with E-state index in [4.69, 9.17) is 13.7 Å². The SMILES string of the molecule is [2H]c1c(O)c(C(C([2H])([2H])[2H])(C([2H])([2H])[2H])C([2H])([2H])[2H])cc(C(C)(C)C)c1[N+](=O)[O-]. The average molecular weight is 261 g/mol. The van der Waals surface area contributed by atoms with Gasteiger partial charge in [-0.1, -0.05) is 41.3 Å². The van der Waals surface area contributed by atoms with Gasteiger partial charge in [-0.25, -0.2) is 0 Å². The van der Waals surface area contributed by atoms with E-state index in [1.165, 1.54) is 20.8 Å². The molecule has 18 heavy (non-hydrogen) atoms. The van der Waals surface area contributed by atoms with Gasteiger partial charge in [0.25, 0.3) is 5.69 Å². The molecule has 0 aromatic heterocycles. The molecule has 4 heteroatoms. The molecule has 0 amide bonds. The molecule has 0 aliphatic carbocycles. The minimum atomic E-state index is -3.67. The van der Waals surface area contributed by atoms with E-state index in [1.807, 2.05) is 0 Å². The highest BCUT2D eigenvalue weighted by Crippen LogP contribution is 2.40. The van der Waals surface area contributed by atoms with Crippen LogP contribution in [0.1, 0.15) is 66.2 Å². The smallest absolute Gasteiger partial charge is 0.276 e. The number of nitro groups is 1. The first-order chi connectivity index (χ1) is 12.1. The highest BCUT2D eigenvalue weighted by Gasteiger charge is 2.29. The van der Waals surface area contributed by atoms with E-state index < -0.39 is 59.4 Å². The third-order valence-corrected chi connectivity index (χ3v) is 2.43. The summed E-state index contributed by atoms with van der Waals surface area (Å²) in [5.74, 6) is -1.36. The zero-order chi connectivity index (χ0) is 22.7. The van der Waals surface area contributed by atoms with Gasteiger partial charge in [0.1, 0.15) is 5.75 Å².